The molecule has 1 aromatic rings. The van der Waals surface area contributed by atoms with Crippen LogP contribution in [0.5, 0.6) is 5.75 Å². The molecule has 1 aromatic carbocycles. The molecule has 0 aliphatic rings. The van der Waals surface area contributed by atoms with Crippen molar-refractivity contribution in [2.45, 2.75) is 260 Å². The van der Waals surface area contributed by atoms with E-state index in [4.69, 9.17) is 31.9 Å². The third kappa shape index (κ3) is 24.1. The van der Waals surface area contributed by atoms with Crippen molar-refractivity contribution >= 4 is 39.2 Å². The Kier molecular flexibility index (Phi) is 29.1. The van der Waals surface area contributed by atoms with Crippen LogP contribution in [0.15, 0.2) is 85.5 Å². The molecule has 0 amide bonds. The van der Waals surface area contributed by atoms with E-state index in [9.17, 15) is 4.79 Å². The fraction of sp³-hybridized carbons (Fsp3) is 0.738. The molecule has 0 fully saturated rings. The molecule has 12 heteroatoms. The lowest BCUT2D eigenvalue weighted by atomic mass is 9.82. The second kappa shape index (κ2) is 30.8. The zero-order valence-corrected chi connectivity index (χ0v) is 58.9. The van der Waals surface area contributed by atoms with Gasteiger partial charge >= 0.3 is 5.97 Å². The van der Waals surface area contributed by atoms with Crippen LogP contribution in [-0.4, -0.2) is 84.0 Å². The summed E-state index contributed by atoms with van der Waals surface area (Å²) in [6, 6.07) is 8.20. The van der Waals surface area contributed by atoms with E-state index in [1.165, 1.54) is 13.2 Å². The highest BCUT2D eigenvalue weighted by atomic mass is 28.4. The van der Waals surface area contributed by atoms with E-state index in [0.717, 1.165) is 30.6 Å². The maximum Gasteiger partial charge on any atom is 0.330 e. The van der Waals surface area contributed by atoms with Crippen molar-refractivity contribution < 1.29 is 36.7 Å². The van der Waals surface area contributed by atoms with Crippen LogP contribution in [0.25, 0.3) is 0 Å². The Morgan fingerprint density at radius 1 is 0.545 bits per heavy atom. The summed E-state index contributed by atoms with van der Waals surface area (Å²) in [4.78, 5) is 11.9. The first-order valence-corrected chi connectivity index (χ1v) is 41.0. The molecular weight excluding hydrogens is 1020 g/mol. The fourth-order valence-corrected chi connectivity index (χ4v) is 14.3. The molecule has 0 aliphatic heterocycles. The quantitative estimate of drug-likeness (QED) is 0.0232. The number of carbonyl (C=O) groups excluding carboxylic acids is 1. The molecule has 0 heterocycles. The van der Waals surface area contributed by atoms with Crippen LogP contribution in [0.2, 0.25) is 72.5 Å². The van der Waals surface area contributed by atoms with E-state index in [1.807, 2.05) is 30.4 Å². The molecule has 0 aromatic heterocycles. The molecule has 77 heavy (non-hydrogen) atoms. The summed E-state index contributed by atoms with van der Waals surface area (Å²) < 4.78 is 47.1. The highest BCUT2D eigenvalue weighted by Gasteiger charge is 2.45. The number of methoxy groups -OCH3 is 2. The maximum atomic E-state index is 11.9. The van der Waals surface area contributed by atoms with Gasteiger partial charge in [-0.15, -0.1) is 0 Å². The average molecular weight is 1140 g/mol. The first-order chi connectivity index (χ1) is 35.0. The van der Waals surface area contributed by atoms with Crippen LogP contribution < -0.4 is 4.74 Å². The highest BCUT2D eigenvalue weighted by molar-refractivity contribution is 6.75. The van der Waals surface area contributed by atoms with Crippen LogP contribution in [0.1, 0.15) is 156 Å². The van der Waals surface area contributed by atoms with Crippen molar-refractivity contribution in [1.29, 1.82) is 0 Å². The molecule has 11 atom stereocenters. The van der Waals surface area contributed by atoms with Crippen molar-refractivity contribution in [3.63, 3.8) is 0 Å². The second-order valence-electron chi connectivity index (χ2n) is 29.1. The summed E-state index contributed by atoms with van der Waals surface area (Å²) >= 11 is 0. The zero-order valence-electron chi connectivity index (χ0n) is 54.9. The smallest absolute Gasteiger partial charge is 0.330 e. The van der Waals surface area contributed by atoms with Gasteiger partial charge < -0.3 is 31.9 Å². The van der Waals surface area contributed by atoms with Gasteiger partial charge in [0.05, 0.1) is 51.3 Å². The van der Waals surface area contributed by atoms with Gasteiger partial charge in [0.1, 0.15) is 5.75 Å². The Balaban J connectivity index is 3.84. The van der Waals surface area contributed by atoms with Crippen molar-refractivity contribution in [1.82, 2.24) is 0 Å². The van der Waals surface area contributed by atoms with E-state index in [2.05, 4.69) is 220 Å². The number of benzene rings is 1. The molecule has 8 nitrogen and oxygen atoms in total. The topological polar surface area (TPSA) is 81.7 Å². The maximum absolute atomic E-state index is 11.9. The molecule has 1 rings (SSSR count). The van der Waals surface area contributed by atoms with E-state index >= 15 is 0 Å². The summed E-state index contributed by atoms with van der Waals surface area (Å²) in [6.45, 7) is 65.4. The molecule has 444 valence electrons. The standard InChI is InChI=1S/C65H120O8Si4/c1-30-31-34-50(4)61(69-47-54-39-42-55(67-20)43-40-54)53(7)57(71-75(24,25)63(11,12)13)44-37-48(2)45-52(6)60(73-77(28,29)65(17,18)19)51(5)38-41-56(70-74(22,23)62(8,9)10)46-58(72-76(26,27)64(14,15)16)49(3)35-32-33-36-59(66)68-21/h30-36,38-43,48-53,56-58,60-61H,1,37,44-47H2,2-29H3/t48-,49+,50-,51-,52-,53-,56+,57-,58-,60-,61-/m0/s1. The Morgan fingerprint density at radius 3 is 1.49 bits per heavy atom. The van der Waals surface area contributed by atoms with Crippen LogP contribution in [0.3, 0.4) is 0 Å². The normalized spacial score (nSPS) is 18.5. The largest absolute Gasteiger partial charge is 0.497 e. The summed E-state index contributed by atoms with van der Waals surface area (Å²) in [5.74, 6) is 1.66. The number of allylic oxidation sites excluding steroid dienone is 4. The number of hydrogen-bond acceptors (Lipinski definition) is 8. The summed E-state index contributed by atoms with van der Waals surface area (Å²) in [5, 5.41) is 0.146. The van der Waals surface area contributed by atoms with Crippen LogP contribution in [0.4, 0.5) is 0 Å². The minimum atomic E-state index is -2.24. The zero-order chi connectivity index (χ0) is 59.8. The van der Waals surface area contributed by atoms with Crippen LogP contribution in [0, 0.1) is 35.5 Å². The van der Waals surface area contributed by atoms with Gasteiger partial charge in [0.25, 0.3) is 0 Å². The number of carbonyl (C=O) groups is 1. The van der Waals surface area contributed by atoms with Gasteiger partial charge in [-0.2, -0.15) is 0 Å². The van der Waals surface area contributed by atoms with Gasteiger partial charge in [-0.1, -0.05) is 192 Å². The number of ether oxygens (including phenoxy) is 3. The second-order valence-corrected chi connectivity index (χ2v) is 48.1. The van der Waals surface area contributed by atoms with Crippen molar-refractivity contribution in [2.75, 3.05) is 14.2 Å². The van der Waals surface area contributed by atoms with E-state index in [-0.39, 0.29) is 80.3 Å². The van der Waals surface area contributed by atoms with Gasteiger partial charge in [-0.05, 0) is 133 Å². The van der Waals surface area contributed by atoms with E-state index in [0.29, 0.717) is 24.9 Å². The predicted octanol–water partition coefficient (Wildman–Crippen LogP) is 19.1. The lowest BCUT2D eigenvalue weighted by Gasteiger charge is -2.44. The van der Waals surface area contributed by atoms with Gasteiger partial charge in [-0.3, -0.25) is 0 Å². The van der Waals surface area contributed by atoms with Crippen LogP contribution >= 0.6 is 0 Å². The monoisotopic (exact) mass is 1140 g/mol. The Morgan fingerprint density at radius 2 is 1.01 bits per heavy atom. The molecule has 0 aliphatic carbocycles. The minimum absolute atomic E-state index is 0.0114. The SMILES string of the molecule is C=CC=C[C@H](C)[C@H](OCc1ccc(OC)cc1)[C@@H](C)[C@H](CC[C@H](C)C[C@H](C)[C@@H](O[Si](C)(C)C(C)(C)C)[C@@H](C)C=C[C@H](C[C@H](O[Si](C)(C)C(C)(C)C)[C@H](C)C=CC=CC(=O)OC)O[Si](C)(C)C(C)(C)C)O[Si](C)(C)C(C)(C)C. The molecule has 0 bridgehead atoms. The number of esters is 1. The Bertz CT molecular complexity index is 2010. The van der Waals surface area contributed by atoms with Crippen molar-refractivity contribution in [3.8, 4) is 5.75 Å². The molecule has 0 spiro atoms. The average Bonchev–Trinajstić information content (AvgIpc) is 3.29. The van der Waals surface area contributed by atoms with E-state index < -0.39 is 33.3 Å². The van der Waals surface area contributed by atoms with Gasteiger partial charge in [-0.25, -0.2) is 4.79 Å². The number of rotatable bonds is 32. The lowest BCUT2D eigenvalue weighted by Crippen LogP contribution is -2.48. The minimum Gasteiger partial charge on any atom is -0.497 e. The van der Waals surface area contributed by atoms with E-state index in [1.54, 1.807) is 13.2 Å². The first-order valence-electron chi connectivity index (χ1n) is 29.3. The third-order valence-electron chi connectivity index (χ3n) is 18.2. The van der Waals surface area contributed by atoms with Crippen molar-refractivity contribution in [3.05, 3.63) is 91.1 Å². The number of hydrogen-bond donors (Lipinski definition) is 0. The molecule has 0 saturated carbocycles. The molecule has 0 saturated heterocycles. The van der Waals surface area contributed by atoms with Gasteiger partial charge in [0, 0.05) is 24.3 Å². The third-order valence-corrected chi connectivity index (χ3v) is 36.2. The van der Waals surface area contributed by atoms with Crippen molar-refractivity contribution in [2.24, 2.45) is 35.5 Å². The summed E-state index contributed by atoms with van der Waals surface area (Å²) in [5.41, 5.74) is 1.12. The molecule has 0 unspecified atom stereocenters. The predicted molar refractivity (Wildman–Crippen MR) is 342 cm³/mol. The van der Waals surface area contributed by atoms with Gasteiger partial charge in [0.15, 0.2) is 33.3 Å². The van der Waals surface area contributed by atoms with Gasteiger partial charge in [0.2, 0.25) is 0 Å². The Labute approximate surface area is 479 Å². The van der Waals surface area contributed by atoms with Crippen LogP contribution in [-0.2, 0) is 38.6 Å². The molecular formula is C65H120O8Si4. The summed E-state index contributed by atoms with van der Waals surface area (Å²) in [6.07, 6.45) is 21.6. The molecule has 0 radical (unpaired) electrons. The summed E-state index contributed by atoms with van der Waals surface area (Å²) in [7, 11) is -5.73. The first kappa shape index (κ1) is 72.9. The highest BCUT2D eigenvalue weighted by Crippen LogP contribution is 2.44. The molecule has 0 N–H and O–H groups in total. The Hall–Kier alpha value is -2.14. The lowest BCUT2D eigenvalue weighted by molar-refractivity contribution is -0.134. The fourth-order valence-electron chi connectivity index (χ4n) is 8.70.